The van der Waals surface area contributed by atoms with Gasteiger partial charge in [0.15, 0.2) is 22.0 Å². The van der Waals surface area contributed by atoms with E-state index in [-0.39, 0.29) is 53.4 Å². The molecule has 6 aromatic rings. The van der Waals surface area contributed by atoms with E-state index in [1.807, 2.05) is 0 Å². The summed E-state index contributed by atoms with van der Waals surface area (Å²) in [4.78, 5) is 55.1. The first-order valence-electron chi connectivity index (χ1n) is 12.1. The van der Waals surface area contributed by atoms with Crippen LogP contribution < -0.4 is 10.9 Å². The quantitative estimate of drug-likeness (QED) is 0.230. The zero-order chi connectivity index (χ0) is 28.9. The van der Waals surface area contributed by atoms with Crippen molar-refractivity contribution in [3.05, 3.63) is 129 Å². The molecule has 6 rings (SSSR count). The largest absolute Gasteiger partial charge is 0.478 e. The second kappa shape index (κ2) is 13.6. The molecular formula is C33H28N2O8. The first-order chi connectivity index (χ1) is 19.9. The van der Waals surface area contributed by atoms with E-state index >= 15 is 0 Å². The van der Waals surface area contributed by atoms with E-state index in [9.17, 15) is 19.2 Å². The average molecular weight is 581 g/mol. The highest BCUT2D eigenvalue weighted by Gasteiger charge is 2.16. The molecule has 0 saturated carbocycles. The normalized spacial score (nSPS) is 10.1. The number of ether oxygens (including phenoxy) is 1. The molecule has 2 aromatic carbocycles. The Bertz CT molecular complexity index is 2020. The van der Waals surface area contributed by atoms with Gasteiger partial charge in [0, 0.05) is 48.0 Å². The maximum Gasteiger partial charge on any atom is 0.341 e. The van der Waals surface area contributed by atoms with Crippen LogP contribution in [0.3, 0.4) is 0 Å². The summed E-state index contributed by atoms with van der Waals surface area (Å²) >= 11 is 0. The number of carboxylic acids is 1. The van der Waals surface area contributed by atoms with Gasteiger partial charge in [0.1, 0.15) is 22.6 Å². The van der Waals surface area contributed by atoms with Crippen LogP contribution in [0.2, 0.25) is 0 Å². The zero-order valence-electron chi connectivity index (χ0n) is 21.4. The molecule has 0 aliphatic carbocycles. The molecule has 1 N–H and O–H groups in total. The van der Waals surface area contributed by atoms with Crippen molar-refractivity contribution in [1.29, 1.82) is 0 Å². The molecule has 0 fully saturated rings. The Hall–Kier alpha value is -5.90. The number of hydrogen-bond donors (Lipinski definition) is 1. The van der Waals surface area contributed by atoms with Gasteiger partial charge in [-0.2, -0.15) is 0 Å². The number of pyridine rings is 2. The fraction of sp³-hybridized carbons (Fsp3) is 0.0909. The van der Waals surface area contributed by atoms with Crippen LogP contribution >= 0.6 is 0 Å². The minimum absolute atomic E-state index is 0. The highest BCUT2D eigenvalue weighted by molar-refractivity contribution is 6.02. The Morgan fingerprint density at radius 2 is 1.09 bits per heavy atom. The van der Waals surface area contributed by atoms with E-state index in [4.69, 9.17) is 18.7 Å². The van der Waals surface area contributed by atoms with Crippen LogP contribution in [0.1, 0.15) is 35.6 Å². The van der Waals surface area contributed by atoms with Gasteiger partial charge in [-0.3, -0.25) is 19.6 Å². The summed E-state index contributed by atoms with van der Waals surface area (Å²) < 4.78 is 16.1. The number of nitrogens with zero attached hydrogens (tertiary/aromatic N) is 2. The zero-order valence-corrected chi connectivity index (χ0v) is 21.4. The third-order valence-corrected chi connectivity index (χ3v) is 6.07. The summed E-state index contributed by atoms with van der Waals surface area (Å²) in [5.41, 5.74) is 1.39. The SMILES string of the molecule is C.C.COC(=O)c1cccc2c(=O)cc(-c3ccncc3)oc12.O=C(O)c1cccc2c(=O)cc(-c3ccncc3)oc12. The summed E-state index contributed by atoms with van der Waals surface area (Å²) in [6.45, 7) is 0. The molecule has 0 amide bonds. The number of benzene rings is 2. The smallest absolute Gasteiger partial charge is 0.341 e. The van der Waals surface area contributed by atoms with Crippen LogP contribution in [0.25, 0.3) is 44.6 Å². The molecule has 10 heteroatoms. The molecule has 0 atom stereocenters. The topological polar surface area (TPSA) is 150 Å². The van der Waals surface area contributed by atoms with Crippen LogP contribution in [-0.4, -0.2) is 34.1 Å². The van der Waals surface area contributed by atoms with E-state index in [2.05, 4.69) is 9.97 Å². The molecule has 10 nitrogen and oxygen atoms in total. The number of aromatic carboxylic acids is 1. The second-order valence-electron chi connectivity index (χ2n) is 8.58. The van der Waals surface area contributed by atoms with E-state index in [0.29, 0.717) is 28.0 Å². The van der Waals surface area contributed by atoms with Crippen molar-refractivity contribution in [2.75, 3.05) is 7.11 Å². The third kappa shape index (κ3) is 6.54. The number of rotatable bonds is 4. The van der Waals surface area contributed by atoms with Gasteiger partial charge in [-0.25, -0.2) is 9.59 Å². The Kier molecular flexibility index (Phi) is 10.0. The van der Waals surface area contributed by atoms with Crippen molar-refractivity contribution in [3.63, 3.8) is 0 Å². The van der Waals surface area contributed by atoms with Gasteiger partial charge in [-0.05, 0) is 48.5 Å². The summed E-state index contributed by atoms with van der Waals surface area (Å²) in [5, 5.41) is 9.76. The van der Waals surface area contributed by atoms with Crippen LogP contribution in [-0.2, 0) is 4.74 Å². The first-order valence-corrected chi connectivity index (χ1v) is 12.1. The van der Waals surface area contributed by atoms with Gasteiger partial charge in [0.25, 0.3) is 0 Å². The number of carboxylic acid groups (broad SMARTS) is 1. The second-order valence-corrected chi connectivity index (χ2v) is 8.58. The number of hydrogen-bond acceptors (Lipinski definition) is 9. The maximum atomic E-state index is 12.2. The van der Waals surface area contributed by atoms with Crippen molar-refractivity contribution in [2.45, 2.75) is 14.9 Å². The number of carbonyl (C=O) groups excluding carboxylic acids is 1. The minimum atomic E-state index is -1.13. The van der Waals surface area contributed by atoms with Crippen molar-refractivity contribution in [1.82, 2.24) is 9.97 Å². The monoisotopic (exact) mass is 580 g/mol. The molecular weight excluding hydrogens is 552 g/mol. The minimum Gasteiger partial charge on any atom is -0.478 e. The number of esters is 1. The highest BCUT2D eigenvalue weighted by Crippen LogP contribution is 2.25. The van der Waals surface area contributed by atoms with Crippen molar-refractivity contribution in [2.24, 2.45) is 0 Å². The van der Waals surface area contributed by atoms with E-state index < -0.39 is 11.9 Å². The molecule has 0 aliphatic heterocycles. The first kappa shape index (κ1) is 31.6. The lowest BCUT2D eigenvalue weighted by atomic mass is 10.1. The van der Waals surface area contributed by atoms with Crippen molar-refractivity contribution in [3.8, 4) is 22.6 Å². The van der Waals surface area contributed by atoms with Crippen LogP contribution in [0.4, 0.5) is 0 Å². The van der Waals surface area contributed by atoms with E-state index in [1.54, 1.807) is 73.3 Å². The van der Waals surface area contributed by atoms with E-state index in [1.165, 1.54) is 31.4 Å². The van der Waals surface area contributed by atoms with Gasteiger partial charge in [-0.15, -0.1) is 0 Å². The fourth-order valence-electron chi connectivity index (χ4n) is 4.11. The highest BCUT2D eigenvalue weighted by atomic mass is 16.5. The standard InChI is InChI=1S/C16H11NO4.C15H9NO4.2CH4/c1-20-16(19)12-4-2-3-11-13(18)9-14(21-15(11)12)10-5-7-17-8-6-10;17-12-8-13(9-4-6-16-7-5-9)20-14-10(12)2-1-3-11(14)15(18)19;;/h2-9H,1H3;1-8H,(H,18,19);2*1H4. The predicted octanol–water partition coefficient (Wildman–Crippen LogP) is 6.47. The lowest BCUT2D eigenvalue weighted by molar-refractivity contribution is 0.0600. The number of para-hydroxylation sites is 2. The number of carbonyl (C=O) groups is 2. The Morgan fingerprint density at radius 1 is 0.674 bits per heavy atom. The summed E-state index contributed by atoms with van der Waals surface area (Å²) in [6, 6.07) is 18.9. The van der Waals surface area contributed by atoms with Crippen LogP contribution in [0.5, 0.6) is 0 Å². The molecule has 0 aliphatic rings. The van der Waals surface area contributed by atoms with Crippen LogP contribution in [0.15, 0.2) is 116 Å². The van der Waals surface area contributed by atoms with Gasteiger partial charge >= 0.3 is 11.9 Å². The predicted molar refractivity (Wildman–Crippen MR) is 163 cm³/mol. The van der Waals surface area contributed by atoms with Gasteiger partial charge in [0.2, 0.25) is 0 Å². The van der Waals surface area contributed by atoms with Gasteiger partial charge in [-0.1, -0.05) is 27.0 Å². The molecule has 0 unspecified atom stereocenters. The lowest BCUT2D eigenvalue weighted by Gasteiger charge is -2.06. The molecule has 0 bridgehead atoms. The molecule has 218 valence electrons. The Labute approximate surface area is 245 Å². The van der Waals surface area contributed by atoms with Crippen molar-refractivity contribution < 1.29 is 28.3 Å². The molecule has 0 saturated heterocycles. The summed E-state index contributed by atoms with van der Waals surface area (Å²) in [5.74, 6) is -0.980. The molecule has 4 heterocycles. The number of aromatic nitrogens is 2. The maximum absolute atomic E-state index is 12.2. The van der Waals surface area contributed by atoms with Gasteiger partial charge in [0.05, 0.1) is 17.9 Å². The Morgan fingerprint density at radius 3 is 1.51 bits per heavy atom. The van der Waals surface area contributed by atoms with Crippen LogP contribution in [0, 0.1) is 0 Å². The number of methoxy groups -OCH3 is 1. The average Bonchev–Trinajstić information content (AvgIpc) is 3.01. The molecule has 0 spiro atoms. The molecule has 0 radical (unpaired) electrons. The fourth-order valence-corrected chi connectivity index (χ4v) is 4.11. The van der Waals surface area contributed by atoms with Gasteiger partial charge < -0.3 is 18.7 Å². The lowest BCUT2D eigenvalue weighted by Crippen LogP contribution is -2.06. The molecule has 4 aromatic heterocycles. The van der Waals surface area contributed by atoms with Crippen molar-refractivity contribution >= 4 is 33.9 Å². The van der Waals surface area contributed by atoms with E-state index in [0.717, 1.165) is 0 Å². The third-order valence-electron chi connectivity index (χ3n) is 6.07. The summed E-state index contributed by atoms with van der Waals surface area (Å²) in [6.07, 6.45) is 6.35. The number of fused-ring (bicyclic) bond motifs is 2. The molecule has 43 heavy (non-hydrogen) atoms. The Balaban J connectivity index is 0.000000225. The summed E-state index contributed by atoms with van der Waals surface area (Å²) in [7, 11) is 1.28.